The van der Waals surface area contributed by atoms with Crippen molar-refractivity contribution in [3.63, 3.8) is 0 Å². The van der Waals surface area contributed by atoms with Gasteiger partial charge in [0.2, 0.25) is 0 Å². The molecule has 4 rings (SSSR count). The second-order valence-electron chi connectivity index (χ2n) is 6.84. The van der Waals surface area contributed by atoms with E-state index in [0.29, 0.717) is 24.2 Å². The van der Waals surface area contributed by atoms with E-state index >= 15 is 0 Å². The van der Waals surface area contributed by atoms with E-state index in [1.165, 1.54) is 5.56 Å². The van der Waals surface area contributed by atoms with Gasteiger partial charge in [0.15, 0.2) is 17.1 Å². The molecule has 0 spiro atoms. The van der Waals surface area contributed by atoms with Crippen LogP contribution in [0.3, 0.4) is 0 Å². The number of amides is 1. The third kappa shape index (κ3) is 3.06. The second-order valence-corrected chi connectivity index (χ2v) is 6.84. The van der Waals surface area contributed by atoms with Crippen LogP contribution >= 0.6 is 0 Å². The number of benzene rings is 2. The van der Waals surface area contributed by atoms with Gasteiger partial charge in [0.1, 0.15) is 0 Å². The molecule has 1 aliphatic carbocycles. The summed E-state index contributed by atoms with van der Waals surface area (Å²) in [6.07, 6.45) is 1.97. The van der Waals surface area contributed by atoms with Crippen molar-refractivity contribution >= 4 is 16.9 Å². The second kappa shape index (κ2) is 6.50. The summed E-state index contributed by atoms with van der Waals surface area (Å²) < 4.78 is 10.9. The predicted octanol–water partition coefficient (Wildman–Crippen LogP) is 3.09. The predicted molar refractivity (Wildman–Crippen MR) is 98.5 cm³/mol. The van der Waals surface area contributed by atoms with Crippen LogP contribution in [0.15, 0.2) is 52.9 Å². The average Bonchev–Trinajstić information content (AvgIpc) is 3.10. The molecule has 0 radical (unpaired) electrons. The highest BCUT2D eigenvalue weighted by Crippen LogP contribution is 2.30. The normalized spacial score (nSPS) is 19.2. The number of carbonyl (C=O) groups is 1. The van der Waals surface area contributed by atoms with Crippen molar-refractivity contribution in [2.75, 3.05) is 13.7 Å². The lowest BCUT2D eigenvalue weighted by Gasteiger charge is -2.33. The fraction of sp³-hybridized carbons (Fsp3) is 0.286. The third-order valence-electron chi connectivity index (χ3n) is 5.03. The minimum Gasteiger partial charge on any atom is -0.493 e. The van der Waals surface area contributed by atoms with Crippen LogP contribution in [0.25, 0.3) is 11.0 Å². The highest BCUT2D eigenvalue weighted by molar-refractivity contribution is 5.97. The minimum absolute atomic E-state index is 0.189. The number of carbonyl (C=O) groups excluding carboxylic acids is 1. The Kier molecular flexibility index (Phi) is 4.17. The number of hydrogen-bond donors (Lipinski definition) is 2. The zero-order chi connectivity index (χ0) is 18.1. The molecule has 0 bridgehead atoms. The van der Waals surface area contributed by atoms with E-state index in [9.17, 15) is 9.90 Å². The van der Waals surface area contributed by atoms with Crippen LogP contribution in [-0.4, -0.2) is 30.3 Å². The molecule has 0 saturated heterocycles. The molecular formula is C21H21NO4. The summed E-state index contributed by atoms with van der Waals surface area (Å²) >= 11 is 0. The number of hydrogen-bond acceptors (Lipinski definition) is 4. The number of rotatable bonds is 4. The van der Waals surface area contributed by atoms with Gasteiger partial charge in [-0.05, 0) is 36.1 Å². The Labute approximate surface area is 151 Å². The molecule has 1 atom stereocenters. The summed E-state index contributed by atoms with van der Waals surface area (Å²) in [7, 11) is 1.56. The lowest BCUT2D eigenvalue weighted by molar-refractivity contribution is 0.0256. The maximum Gasteiger partial charge on any atom is 0.287 e. The number of ether oxygens (including phenoxy) is 1. The van der Waals surface area contributed by atoms with Gasteiger partial charge in [-0.3, -0.25) is 4.79 Å². The monoisotopic (exact) mass is 351 g/mol. The van der Waals surface area contributed by atoms with Crippen molar-refractivity contribution in [1.82, 2.24) is 5.32 Å². The van der Waals surface area contributed by atoms with Crippen molar-refractivity contribution in [3.05, 3.63) is 65.4 Å². The Morgan fingerprint density at radius 3 is 2.85 bits per heavy atom. The van der Waals surface area contributed by atoms with Crippen molar-refractivity contribution in [2.24, 2.45) is 0 Å². The van der Waals surface area contributed by atoms with E-state index in [4.69, 9.17) is 9.15 Å². The summed E-state index contributed by atoms with van der Waals surface area (Å²) in [6.45, 7) is 0.189. The number of para-hydroxylation sites is 1. The van der Waals surface area contributed by atoms with Gasteiger partial charge < -0.3 is 19.6 Å². The fourth-order valence-corrected chi connectivity index (χ4v) is 3.58. The van der Waals surface area contributed by atoms with Crippen LogP contribution in [-0.2, 0) is 12.8 Å². The number of aliphatic hydroxyl groups is 1. The molecule has 2 N–H and O–H groups in total. The molecule has 1 aromatic heterocycles. The van der Waals surface area contributed by atoms with Crippen LogP contribution in [0.2, 0.25) is 0 Å². The Morgan fingerprint density at radius 1 is 1.23 bits per heavy atom. The number of furan rings is 1. The number of nitrogens with one attached hydrogen (secondary N) is 1. The van der Waals surface area contributed by atoms with Crippen molar-refractivity contribution < 1.29 is 19.1 Å². The highest BCUT2D eigenvalue weighted by atomic mass is 16.5. The standard InChI is InChI=1S/C21H21NO4/c1-25-17-8-4-7-15-11-18(26-19(15)17)20(23)22-13-21(24)10-9-14-5-2-3-6-16(14)12-21/h2-8,11,24H,9-10,12-13H2,1H3,(H,22,23). The summed E-state index contributed by atoms with van der Waals surface area (Å²) in [6, 6.07) is 15.3. The van der Waals surface area contributed by atoms with Gasteiger partial charge in [0.05, 0.1) is 12.7 Å². The molecule has 3 aromatic rings. The van der Waals surface area contributed by atoms with Crippen LogP contribution in [0.5, 0.6) is 5.75 Å². The van der Waals surface area contributed by atoms with E-state index in [1.54, 1.807) is 19.2 Å². The molecule has 134 valence electrons. The van der Waals surface area contributed by atoms with Gasteiger partial charge in [-0.25, -0.2) is 0 Å². The molecule has 0 saturated carbocycles. The van der Waals surface area contributed by atoms with E-state index in [1.807, 2.05) is 30.3 Å². The molecule has 1 aliphatic rings. The molecule has 0 aliphatic heterocycles. The molecule has 0 fully saturated rings. The largest absolute Gasteiger partial charge is 0.493 e. The molecule has 26 heavy (non-hydrogen) atoms. The van der Waals surface area contributed by atoms with Gasteiger partial charge in [0.25, 0.3) is 5.91 Å². The van der Waals surface area contributed by atoms with Crippen molar-refractivity contribution in [2.45, 2.75) is 24.9 Å². The smallest absolute Gasteiger partial charge is 0.287 e. The first-order chi connectivity index (χ1) is 12.6. The first-order valence-electron chi connectivity index (χ1n) is 8.72. The molecule has 2 aromatic carbocycles. The maximum absolute atomic E-state index is 12.5. The van der Waals surface area contributed by atoms with Crippen molar-refractivity contribution in [3.8, 4) is 5.75 Å². The summed E-state index contributed by atoms with van der Waals surface area (Å²) in [5, 5.41) is 14.5. The first kappa shape index (κ1) is 16.7. The zero-order valence-corrected chi connectivity index (χ0v) is 14.6. The van der Waals surface area contributed by atoms with Gasteiger partial charge in [0, 0.05) is 18.4 Å². The third-order valence-corrected chi connectivity index (χ3v) is 5.03. The molecule has 5 nitrogen and oxygen atoms in total. The van der Waals surface area contributed by atoms with Crippen LogP contribution < -0.4 is 10.1 Å². The molecule has 5 heteroatoms. The van der Waals surface area contributed by atoms with E-state index < -0.39 is 5.60 Å². The first-order valence-corrected chi connectivity index (χ1v) is 8.72. The summed E-state index contributed by atoms with van der Waals surface area (Å²) in [5.74, 6) is 0.462. The molecular weight excluding hydrogens is 330 g/mol. The lowest BCUT2D eigenvalue weighted by Crippen LogP contribution is -2.46. The fourth-order valence-electron chi connectivity index (χ4n) is 3.58. The van der Waals surface area contributed by atoms with Gasteiger partial charge in [-0.1, -0.05) is 36.4 Å². The molecule has 1 amide bonds. The van der Waals surface area contributed by atoms with Gasteiger partial charge >= 0.3 is 0 Å². The SMILES string of the molecule is COc1cccc2cc(C(=O)NCC3(O)CCc4ccccc4C3)oc12. The van der Waals surface area contributed by atoms with E-state index in [2.05, 4.69) is 11.4 Å². The average molecular weight is 351 g/mol. The van der Waals surface area contributed by atoms with Crippen LogP contribution in [0.1, 0.15) is 28.1 Å². The maximum atomic E-state index is 12.5. The van der Waals surface area contributed by atoms with Crippen molar-refractivity contribution in [1.29, 1.82) is 0 Å². The topological polar surface area (TPSA) is 71.7 Å². The zero-order valence-electron chi connectivity index (χ0n) is 14.6. The Hall–Kier alpha value is -2.79. The summed E-state index contributed by atoms with van der Waals surface area (Å²) in [4.78, 5) is 12.5. The quantitative estimate of drug-likeness (QED) is 0.758. The summed E-state index contributed by atoms with van der Waals surface area (Å²) in [5.41, 5.74) is 2.02. The van der Waals surface area contributed by atoms with Gasteiger partial charge in [-0.2, -0.15) is 0 Å². The molecule has 1 heterocycles. The number of aryl methyl sites for hydroxylation is 1. The number of methoxy groups -OCH3 is 1. The molecule has 1 unspecified atom stereocenters. The minimum atomic E-state index is -0.937. The van der Waals surface area contributed by atoms with Gasteiger partial charge in [-0.15, -0.1) is 0 Å². The highest BCUT2D eigenvalue weighted by Gasteiger charge is 2.32. The van der Waals surface area contributed by atoms with Crippen LogP contribution in [0.4, 0.5) is 0 Å². The Balaban J connectivity index is 1.47. The Bertz CT molecular complexity index is 962. The number of fused-ring (bicyclic) bond motifs is 2. The van der Waals surface area contributed by atoms with E-state index in [-0.39, 0.29) is 18.2 Å². The van der Waals surface area contributed by atoms with Crippen LogP contribution in [0, 0.1) is 0 Å². The lowest BCUT2D eigenvalue weighted by atomic mass is 9.80. The van der Waals surface area contributed by atoms with E-state index in [0.717, 1.165) is 17.4 Å². The Morgan fingerprint density at radius 2 is 2.04 bits per heavy atom.